The third-order valence-electron chi connectivity index (χ3n) is 8.65. The Balaban J connectivity index is 1.34. The van der Waals surface area contributed by atoms with E-state index in [1.54, 1.807) is 0 Å². The van der Waals surface area contributed by atoms with E-state index in [1.165, 1.54) is 28.7 Å². The van der Waals surface area contributed by atoms with Crippen molar-refractivity contribution in [3.63, 3.8) is 0 Å². The van der Waals surface area contributed by atoms with Gasteiger partial charge in [0, 0.05) is 12.8 Å². The molecule has 3 aliphatic rings. The number of aryl methyl sites for hydroxylation is 1. The van der Waals surface area contributed by atoms with Crippen LogP contribution in [0.1, 0.15) is 72.1 Å². The van der Waals surface area contributed by atoms with Crippen LogP contribution in [0.15, 0.2) is 17.0 Å². The molecular weight excluding hydrogens is 583 g/mol. The minimum Gasteiger partial charge on any atom is -0.342 e. The smallest absolute Gasteiger partial charge is 0.342 e. The van der Waals surface area contributed by atoms with Crippen LogP contribution in [0.4, 0.5) is 26.7 Å². The van der Waals surface area contributed by atoms with Crippen LogP contribution in [0.3, 0.4) is 0 Å². The van der Waals surface area contributed by atoms with Crippen LogP contribution in [-0.2, 0) is 5.54 Å². The van der Waals surface area contributed by atoms with Gasteiger partial charge in [0.2, 0.25) is 5.92 Å². The fourth-order valence-corrected chi connectivity index (χ4v) is 6.24. The van der Waals surface area contributed by atoms with Gasteiger partial charge in [0.15, 0.2) is 5.69 Å². The number of urea groups is 1. The lowest BCUT2D eigenvalue weighted by atomic mass is 9.81. The Kier molecular flexibility index (Phi) is 7.21. The van der Waals surface area contributed by atoms with E-state index in [-0.39, 0.29) is 48.5 Å². The first kappa shape index (κ1) is 29.1. The van der Waals surface area contributed by atoms with Gasteiger partial charge < -0.3 is 20.9 Å². The highest BCUT2D eigenvalue weighted by Crippen LogP contribution is 2.42. The number of imidazole rings is 1. The zero-order valence-electron chi connectivity index (χ0n) is 23.0. The van der Waals surface area contributed by atoms with Crippen molar-refractivity contribution in [3.05, 3.63) is 35.2 Å². The van der Waals surface area contributed by atoms with Crippen LogP contribution in [0, 0.1) is 12.8 Å². The highest BCUT2D eigenvalue weighted by molar-refractivity contribution is 5.93. The molecule has 1 aliphatic carbocycles. The van der Waals surface area contributed by atoms with Gasteiger partial charge in [-0.05, 0) is 56.8 Å². The topological polar surface area (TPSA) is 155 Å². The molecule has 2 atom stereocenters. The SMILES string of the molecule is Cc1nonc1C(=O)N[C@H](c1cn2ncc(C3(N4CC(C(F)(F)F)NC4=O)CCNCC3)nc2n1)C1CCC(F)(F)CC1. The van der Waals surface area contributed by atoms with Crippen molar-refractivity contribution in [1.29, 1.82) is 0 Å². The van der Waals surface area contributed by atoms with Crippen molar-refractivity contribution in [2.75, 3.05) is 19.6 Å². The van der Waals surface area contributed by atoms with E-state index in [9.17, 15) is 31.5 Å². The van der Waals surface area contributed by atoms with Gasteiger partial charge in [0.05, 0.1) is 41.9 Å². The largest absolute Gasteiger partial charge is 0.410 e. The van der Waals surface area contributed by atoms with Crippen LogP contribution in [0.2, 0.25) is 0 Å². The average molecular weight is 613 g/mol. The first-order valence-corrected chi connectivity index (χ1v) is 13.9. The highest BCUT2D eigenvalue weighted by Gasteiger charge is 2.54. The molecule has 5 heterocycles. The lowest BCUT2D eigenvalue weighted by molar-refractivity contribution is -0.151. The minimum atomic E-state index is -4.62. The van der Waals surface area contributed by atoms with Crippen molar-refractivity contribution in [2.24, 2.45) is 5.92 Å². The first-order chi connectivity index (χ1) is 20.4. The number of alkyl halides is 5. The van der Waals surface area contributed by atoms with Gasteiger partial charge in [-0.25, -0.2) is 32.7 Å². The molecule has 43 heavy (non-hydrogen) atoms. The predicted molar refractivity (Wildman–Crippen MR) is 136 cm³/mol. The molecule has 0 bridgehead atoms. The molecule has 0 aromatic carbocycles. The van der Waals surface area contributed by atoms with E-state index >= 15 is 0 Å². The summed E-state index contributed by atoms with van der Waals surface area (Å²) in [6, 6.07) is -3.67. The monoisotopic (exact) mass is 612 g/mol. The van der Waals surface area contributed by atoms with Gasteiger partial charge >= 0.3 is 12.2 Å². The summed E-state index contributed by atoms with van der Waals surface area (Å²) in [6.45, 7) is 1.83. The molecule has 3 fully saturated rings. The molecule has 0 radical (unpaired) electrons. The van der Waals surface area contributed by atoms with Crippen molar-refractivity contribution >= 4 is 17.7 Å². The maximum Gasteiger partial charge on any atom is 0.410 e. The number of hydrogen-bond acceptors (Lipinski definition) is 9. The molecule has 1 saturated carbocycles. The van der Waals surface area contributed by atoms with Crippen molar-refractivity contribution in [2.45, 2.75) is 75.2 Å². The Hall–Kier alpha value is -3.96. The molecule has 2 saturated heterocycles. The molecule has 3 N–H and O–H groups in total. The standard InChI is InChI=1S/C25H29F5N10O3/c1-13-18(38-43-37-13)20(41)36-19(14-2-4-24(26,27)5-3-14)15-11-40-21(33-15)34-16(10-32-40)23(6-8-31-9-7-23)39-12-17(25(28,29)30)35-22(39)42/h10-11,14,17,19,31H,2-9,12H2,1H3,(H,35,42)(H,36,41)/t17?,19-/m0/s1. The Bertz CT molecular complexity index is 1510. The van der Waals surface area contributed by atoms with Gasteiger partial charge in [0.25, 0.3) is 11.7 Å². The molecule has 0 spiro atoms. The summed E-state index contributed by atoms with van der Waals surface area (Å²) < 4.78 is 74.5. The molecule has 13 nitrogen and oxygen atoms in total. The zero-order valence-corrected chi connectivity index (χ0v) is 23.0. The molecule has 3 amide bonds. The molecule has 3 aromatic heterocycles. The Morgan fingerprint density at radius 1 is 1.14 bits per heavy atom. The number of hydrogen-bond donors (Lipinski definition) is 3. The van der Waals surface area contributed by atoms with Crippen LogP contribution < -0.4 is 16.0 Å². The van der Waals surface area contributed by atoms with Crippen molar-refractivity contribution in [1.82, 2.24) is 50.7 Å². The fraction of sp³-hybridized carbons (Fsp3) is 0.640. The van der Waals surface area contributed by atoms with Gasteiger partial charge in [-0.15, -0.1) is 0 Å². The Morgan fingerprint density at radius 3 is 2.49 bits per heavy atom. The van der Waals surface area contributed by atoms with Gasteiger partial charge in [-0.2, -0.15) is 18.3 Å². The van der Waals surface area contributed by atoms with Gasteiger partial charge in [0.1, 0.15) is 11.7 Å². The summed E-state index contributed by atoms with van der Waals surface area (Å²) in [7, 11) is 0. The Morgan fingerprint density at radius 2 is 1.86 bits per heavy atom. The molecule has 6 rings (SSSR count). The molecular formula is C25H29F5N10O3. The van der Waals surface area contributed by atoms with E-state index in [0.717, 1.165) is 0 Å². The number of fused-ring (bicyclic) bond motifs is 1. The maximum absolute atomic E-state index is 14.0. The van der Waals surface area contributed by atoms with E-state index in [4.69, 9.17) is 0 Å². The van der Waals surface area contributed by atoms with Crippen LogP contribution in [-0.4, -0.2) is 84.5 Å². The second kappa shape index (κ2) is 10.6. The first-order valence-electron chi connectivity index (χ1n) is 13.9. The van der Waals surface area contributed by atoms with E-state index in [2.05, 4.69) is 40.6 Å². The van der Waals surface area contributed by atoms with Crippen molar-refractivity contribution < 1.29 is 36.2 Å². The number of amides is 3. The van der Waals surface area contributed by atoms with Gasteiger partial charge in [-0.3, -0.25) is 4.79 Å². The molecule has 1 unspecified atom stereocenters. The second-order valence-corrected chi connectivity index (χ2v) is 11.3. The number of aromatic nitrogens is 6. The number of carbonyl (C=O) groups is 2. The number of piperidine rings is 1. The molecule has 2 aliphatic heterocycles. The minimum absolute atomic E-state index is 0.0534. The number of halogens is 5. The highest BCUT2D eigenvalue weighted by atomic mass is 19.4. The van der Waals surface area contributed by atoms with E-state index in [1.807, 2.05) is 5.32 Å². The fourth-order valence-electron chi connectivity index (χ4n) is 6.24. The maximum atomic E-state index is 14.0. The summed E-state index contributed by atoms with van der Waals surface area (Å²) in [6.07, 6.45) is -1.57. The number of nitrogens with zero attached hydrogens (tertiary/aromatic N) is 7. The third kappa shape index (κ3) is 5.47. The number of rotatable bonds is 6. The zero-order chi connectivity index (χ0) is 30.6. The summed E-state index contributed by atoms with van der Waals surface area (Å²) >= 11 is 0. The molecule has 232 valence electrons. The average Bonchev–Trinajstić information content (AvgIpc) is 3.69. The summed E-state index contributed by atoms with van der Waals surface area (Å²) in [5.74, 6) is -3.73. The quantitative estimate of drug-likeness (QED) is 0.356. The van der Waals surface area contributed by atoms with Crippen LogP contribution in [0.5, 0.6) is 0 Å². The van der Waals surface area contributed by atoms with E-state index < -0.39 is 54.1 Å². The summed E-state index contributed by atoms with van der Waals surface area (Å²) in [5.41, 5.74) is -0.386. The predicted octanol–water partition coefficient (Wildman–Crippen LogP) is 2.65. The Labute approximate surface area is 240 Å². The number of carbonyl (C=O) groups excluding carboxylic acids is 2. The van der Waals surface area contributed by atoms with Crippen molar-refractivity contribution in [3.8, 4) is 0 Å². The lowest BCUT2D eigenvalue weighted by Crippen LogP contribution is -2.54. The second-order valence-electron chi connectivity index (χ2n) is 11.3. The lowest BCUT2D eigenvalue weighted by Gasteiger charge is -2.43. The molecule has 18 heteroatoms. The van der Waals surface area contributed by atoms with Gasteiger partial charge in [-0.1, -0.05) is 5.16 Å². The summed E-state index contributed by atoms with van der Waals surface area (Å²) in [5, 5.41) is 19.7. The number of nitrogens with one attached hydrogen (secondary N) is 3. The third-order valence-corrected chi connectivity index (χ3v) is 8.65. The van der Waals surface area contributed by atoms with E-state index in [0.29, 0.717) is 31.6 Å². The van der Waals surface area contributed by atoms with Crippen LogP contribution >= 0.6 is 0 Å². The summed E-state index contributed by atoms with van der Waals surface area (Å²) in [4.78, 5) is 36.3. The van der Waals surface area contributed by atoms with Crippen LogP contribution in [0.25, 0.3) is 5.78 Å². The molecule has 3 aromatic rings. The normalized spacial score (nSPS) is 23.3.